The van der Waals surface area contributed by atoms with Gasteiger partial charge < -0.3 is 41.0 Å². The third kappa shape index (κ3) is 5.71. The Hall–Kier alpha value is -4.19. The van der Waals surface area contributed by atoms with Crippen molar-refractivity contribution in [3.63, 3.8) is 0 Å². The Morgan fingerprint density at radius 2 is 0.911 bits per heavy atom. The van der Waals surface area contributed by atoms with E-state index in [4.69, 9.17) is 0 Å². The van der Waals surface area contributed by atoms with Gasteiger partial charge in [-0.25, -0.2) is 0 Å². The van der Waals surface area contributed by atoms with Gasteiger partial charge in [0.1, 0.15) is 11.7 Å². The predicted molar refractivity (Wildman–Crippen MR) is 180 cm³/mol. The summed E-state index contributed by atoms with van der Waals surface area (Å²) >= 11 is 0. The van der Waals surface area contributed by atoms with E-state index in [0.29, 0.717) is 26.2 Å². The highest BCUT2D eigenvalue weighted by Crippen LogP contribution is 2.30. The van der Waals surface area contributed by atoms with Crippen molar-refractivity contribution in [2.45, 2.75) is 0 Å². The van der Waals surface area contributed by atoms with Crippen LogP contribution in [0.4, 0.5) is 0 Å². The second-order valence-corrected chi connectivity index (χ2v) is 12.2. The maximum absolute atomic E-state index is 9.65. The Morgan fingerprint density at radius 3 is 1.24 bits per heavy atom. The van der Waals surface area contributed by atoms with Gasteiger partial charge in [-0.3, -0.25) is 9.98 Å². The Labute approximate surface area is 266 Å². The Balaban J connectivity index is 0.00000357. The monoisotopic (exact) mass is 628 g/mol. The number of fused-ring (bicyclic) bond motifs is 2. The summed E-state index contributed by atoms with van der Waals surface area (Å²) in [5, 5.41) is 47.4. The molecular weight excluding hydrogens is 592 g/mol. The van der Waals surface area contributed by atoms with Gasteiger partial charge in [0.05, 0.1) is 50.3 Å². The first-order valence-corrected chi connectivity index (χ1v) is 14.8. The fourth-order valence-corrected chi connectivity index (χ4v) is 5.86. The fraction of sp³-hybridized carbons (Fsp3) is 0.294. The molecule has 0 spiro atoms. The molecule has 0 radical (unpaired) electrons. The lowest BCUT2D eigenvalue weighted by Crippen LogP contribution is -2.49. The molecule has 10 nitrogen and oxygen atoms in total. The number of aromatic nitrogens is 2. The minimum absolute atomic E-state index is 0. The number of aliphatic imine (C=N–C) groups is 2. The van der Waals surface area contributed by atoms with Crippen molar-refractivity contribution >= 4 is 45.9 Å². The van der Waals surface area contributed by atoms with Crippen molar-refractivity contribution in [3.05, 3.63) is 83.9 Å². The SMILES string of the molecule is Cl.OCC1(CO)CN=C(c2ccc3cc(-c4ccc(-c5cc6ccc(C7=NCC(CO)(CO)CN7)cc6[nH]5)cc4)[nH]c3c2)NC1. The van der Waals surface area contributed by atoms with E-state index in [2.05, 4.69) is 91.3 Å². The molecule has 2 aliphatic rings. The van der Waals surface area contributed by atoms with E-state index < -0.39 is 10.8 Å². The summed E-state index contributed by atoms with van der Waals surface area (Å²) in [5.41, 5.74) is 6.91. The molecule has 0 atom stereocenters. The topological polar surface area (TPSA) is 161 Å². The third-order valence-electron chi connectivity index (χ3n) is 9.05. The van der Waals surface area contributed by atoms with Crippen LogP contribution in [0, 0.1) is 10.8 Å². The first-order valence-electron chi connectivity index (χ1n) is 14.8. The normalized spacial score (nSPS) is 17.2. The summed E-state index contributed by atoms with van der Waals surface area (Å²) in [4.78, 5) is 16.3. The van der Waals surface area contributed by atoms with E-state index >= 15 is 0 Å². The molecule has 8 N–H and O–H groups in total. The van der Waals surface area contributed by atoms with Crippen LogP contribution in [-0.2, 0) is 0 Å². The van der Waals surface area contributed by atoms with Crippen LogP contribution in [0.3, 0.4) is 0 Å². The number of hydrogen-bond donors (Lipinski definition) is 8. The van der Waals surface area contributed by atoms with Crippen LogP contribution in [0.25, 0.3) is 44.3 Å². The Morgan fingerprint density at radius 1 is 0.533 bits per heavy atom. The molecule has 4 heterocycles. The average Bonchev–Trinajstić information content (AvgIpc) is 3.72. The molecule has 2 aromatic heterocycles. The van der Waals surface area contributed by atoms with Gasteiger partial charge >= 0.3 is 0 Å². The molecule has 0 saturated carbocycles. The number of benzene rings is 3. The fourth-order valence-electron chi connectivity index (χ4n) is 5.86. The van der Waals surface area contributed by atoms with Crippen molar-refractivity contribution in [2.24, 2.45) is 20.8 Å². The smallest absolute Gasteiger partial charge is 0.128 e. The average molecular weight is 629 g/mol. The zero-order chi connectivity index (χ0) is 30.3. The number of nitrogens with zero attached hydrogens (tertiary/aromatic N) is 2. The lowest BCUT2D eigenvalue weighted by atomic mass is 9.88. The van der Waals surface area contributed by atoms with E-state index in [1.54, 1.807) is 0 Å². The highest BCUT2D eigenvalue weighted by Gasteiger charge is 2.33. The largest absolute Gasteiger partial charge is 0.396 e. The summed E-state index contributed by atoms with van der Waals surface area (Å²) in [6.45, 7) is 1.26. The molecule has 11 heteroatoms. The highest BCUT2D eigenvalue weighted by molar-refractivity contribution is 6.03. The molecule has 234 valence electrons. The zero-order valence-electron chi connectivity index (χ0n) is 24.7. The van der Waals surface area contributed by atoms with E-state index in [1.165, 1.54) is 0 Å². The Bertz CT molecular complexity index is 1750. The molecule has 2 aliphatic heterocycles. The summed E-state index contributed by atoms with van der Waals surface area (Å²) in [7, 11) is 0. The van der Waals surface area contributed by atoms with Crippen molar-refractivity contribution in [1.82, 2.24) is 20.6 Å². The molecule has 5 aromatic rings. The third-order valence-corrected chi connectivity index (χ3v) is 9.05. The van der Waals surface area contributed by atoms with Crippen LogP contribution in [-0.4, -0.2) is 94.7 Å². The molecule has 0 aliphatic carbocycles. The quantitative estimate of drug-likeness (QED) is 0.132. The van der Waals surface area contributed by atoms with Crippen LogP contribution in [0.2, 0.25) is 0 Å². The van der Waals surface area contributed by atoms with Gasteiger partial charge in [-0.1, -0.05) is 48.5 Å². The van der Waals surface area contributed by atoms with E-state index in [0.717, 1.165) is 67.1 Å². The van der Waals surface area contributed by atoms with Crippen LogP contribution in [0.5, 0.6) is 0 Å². The van der Waals surface area contributed by atoms with Gasteiger partial charge in [-0.2, -0.15) is 0 Å². The van der Waals surface area contributed by atoms with Gasteiger partial charge in [0.25, 0.3) is 0 Å². The molecule has 0 amide bonds. The van der Waals surface area contributed by atoms with Crippen LogP contribution in [0.15, 0.2) is 82.8 Å². The number of H-pyrrole nitrogens is 2. The van der Waals surface area contributed by atoms with E-state index in [-0.39, 0.29) is 38.8 Å². The number of nitrogens with one attached hydrogen (secondary N) is 4. The summed E-state index contributed by atoms with van der Waals surface area (Å²) in [6.07, 6.45) is 0. The molecule has 0 fully saturated rings. The highest BCUT2D eigenvalue weighted by atomic mass is 35.5. The van der Waals surface area contributed by atoms with Gasteiger partial charge in [0, 0.05) is 57.4 Å². The van der Waals surface area contributed by atoms with Gasteiger partial charge in [-0.05, 0) is 35.4 Å². The number of aromatic amines is 2. The van der Waals surface area contributed by atoms with E-state index in [1.807, 2.05) is 12.1 Å². The second-order valence-electron chi connectivity index (χ2n) is 12.2. The van der Waals surface area contributed by atoms with Crippen molar-refractivity contribution < 1.29 is 20.4 Å². The second kappa shape index (κ2) is 12.3. The zero-order valence-corrected chi connectivity index (χ0v) is 25.5. The van der Waals surface area contributed by atoms with Crippen molar-refractivity contribution in [1.29, 1.82) is 0 Å². The van der Waals surface area contributed by atoms with Gasteiger partial charge in [-0.15, -0.1) is 12.4 Å². The standard InChI is InChI=1S/C34H36N6O4.ClH/c41-17-33(18-42)13-35-31(36-14-33)25-7-5-23-9-27(39-29(23)11-25)21-1-2-22(4-3-21)28-10-24-6-8-26(12-30(24)40-28)32-37-15-34(19-43,20-44)16-38-32;/h1-12,39-44H,13-20H2,(H,35,36)(H,37,38);1H. The summed E-state index contributed by atoms with van der Waals surface area (Å²) in [6, 6.07) is 25.1. The molecule has 45 heavy (non-hydrogen) atoms. The molecule has 0 unspecified atom stereocenters. The lowest BCUT2D eigenvalue weighted by molar-refractivity contribution is 0.0621. The summed E-state index contributed by atoms with van der Waals surface area (Å²) < 4.78 is 0. The molecular formula is C34H37ClN6O4. The van der Waals surface area contributed by atoms with E-state index in [9.17, 15) is 20.4 Å². The maximum Gasteiger partial charge on any atom is 0.128 e. The number of aliphatic hydroxyl groups is 4. The predicted octanol–water partition coefficient (Wildman–Crippen LogP) is 3.05. The number of hydrogen-bond acceptors (Lipinski definition) is 8. The van der Waals surface area contributed by atoms with Crippen LogP contribution in [0.1, 0.15) is 11.1 Å². The number of aliphatic hydroxyl groups excluding tert-OH is 4. The van der Waals surface area contributed by atoms with Crippen LogP contribution >= 0.6 is 12.4 Å². The van der Waals surface area contributed by atoms with Crippen LogP contribution < -0.4 is 10.6 Å². The minimum Gasteiger partial charge on any atom is -0.396 e. The molecule has 7 rings (SSSR count). The lowest BCUT2D eigenvalue weighted by Gasteiger charge is -2.33. The Kier molecular flexibility index (Phi) is 8.43. The summed E-state index contributed by atoms with van der Waals surface area (Å²) in [5.74, 6) is 1.53. The maximum atomic E-state index is 9.65. The molecule has 0 bridgehead atoms. The first-order chi connectivity index (χ1) is 21.5. The minimum atomic E-state index is -0.617. The number of rotatable bonds is 8. The van der Waals surface area contributed by atoms with Crippen molar-refractivity contribution in [3.8, 4) is 22.5 Å². The number of amidine groups is 2. The molecule has 0 saturated heterocycles. The van der Waals surface area contributed by atoms with Gasteiger partial charge in [0.15, 0.2) is 0 Å². The molecule has 3 aromatic carbocycles. The van der Waals surface area contributed by atoms with Gasteiger partial charge in [0.2, 0.25) is 0 Å². The van der Waals surface area contributed by atoms with Crippen molar-refractivity contribution in [2.75, 3.05) is 52.6 Å². The number of halogens is 1. The first kappa shape index (κ1) is 30.8.